The summed E-state index contributed by atoms with van der Waals surface area (Å²) in [5.41, 5.74) is 1.21. The highest BCUT2D eigenvalue weighted by atomic mass is 35.5. The Morgan fingerprint density at radius 2 is 1.90 bits per heavy atom. The summed E-state index contributed by atoms with van der Waals surface area (Å²) in [6.45, 7) is 3.13. The van der Waals surface area contributed by atoms with E-state index >= 15 is 0 Å². The molecule has 1 amide bonds. The number of carbonyl (C=O) groups excluding carboxylic acids is 1. The van der Waals surface area contributed by atoms with Crippen LogP contribution in [0.1, 0.15) is 34.6 Å². The third-order valence-corrected chi connectivity index (χ3v) is 5.21. The minimum Gasteiger partial charge on any atom is -0.494 e. The van der Waals surface area contributed by atoms with Crippen LogP contribution in [0.2, 0.25) is 5.02 Å². The SMILES string of the molecule is CCOc1ccc(C2c3c(oc4ccc(Cl)cc4c3=O)C(=O)N2CCOC)cc1. The average Bonchev–Trinajstić information content (AvgIpc) is 3.00. The molecular formula is C22H20ClNO5. The molecule has 2 heterocycles. The second-order valence-electron chi connectivity index (χ2n) is 6.71. The number of halogens is 1. The lowest BCUT2D eigenvalue weighted by atomic mass is 9.98. The van der Waals surface area contributed by atoms with Crippen molar-refractivity contribution in [2.24, 2.45) is 0 Å². The predicted octanol–water partition coefficient (Wildman–Crippen LogP) is 4.04. The molecule has 1 atom stereocenters. The Bertz CT molecular complexity index is 1120. The molecule has 150 valence electrons. The number of methoxy groups -OCH3 is 1. The number of fused-ring (bicyclic) bond motifs is 2. The van der Waals surface area contributed by atoms with Crippen molar-refractivity contribution in [2.45, 2.75) is 13.0 Å². The van der Waals surface area contributed by atoms with E-state index in [1.54, 1.807) is 30.2 Å². The minimum atomic E-state index is -0.567. The van der Waals surface area contributed by atoms with E-state index in [0.29, 0.717) is 41.3 Å². The van der Waals surface area contributed by atoms with Crippen LogP contribution >= 0.6 is 11.6 Å². The Balaban J connectivity index is 1.90. The highest BCUT2D eigenvalue weighted by molar-refractivity contribution is 6.31. The average molecular weight is 414 g/mol. The van der Waals surface area contributed by atoms with E-state index in [4.69, 9.17) is 25.5 Å². The first-order chi connectivity index (χ1) is 14.0. The van der Waals surface area contributed by atoms with Gasteiger partial charge in [0.2, 0.25) is 5.76 Å². The molecule has 0 saturated heterocycles. The minimum absolute atomic E-state index is 0.0693. The predicted molar refractivity (Wildman–Crippen MR) is 110 cm³/mol. The van der Waals surface area contributed by atoms with Crippen molar-refractivity contribution in [2.75, 3.05) is 26.9 Å². The van der Waals surface area contributed by atoms with Gasteiger partial charge in [0.25, 0.3) is 5.91 Å². The highest BCUT2D eigenvalue weighted by Gasteiger charge is 2.42. The van der Waals surface area contributed by atoms with E-state index in [2.05, 4.69) is 0 Å². The van der Waals surface area contributed by atoms with Crippen LogP contribution in [0, 0.1) is 0 Å². The molecule has 0 spiro atoms. The quantitative estimate of drug-likeness (QED) is 0.610. The third-order valence-electron chi connectivity index (χ3n) is 4.97. The smallest absolute Gasteiger partial charge is 0.290 e. The fourth-order valence-corrected chi connectivity index (χ4v) is 3.84. The maximum atomic E-state index is 13.3. The maximum absolute atomic E-state index is 13.3. The normalized spacial score (nSPS) is 15.8. The van der Waals surface area contributed by atoms with Gasteiger partial charge in [-0.2, -0.15) is 0 Å². The molecule has 0 aliphatic carbocycles. The van der Waals surface area contributed by atoms with E-state index in [9.17, 15) is 9.59 Å². The van der Waals surface area contributed by atoms with Gasteiger partial charge in [-0.05, 0) is 42.8 Å². The number of rotatable bonds is 6. The molecule has 0 fully saturated rings. The molecule has 7 heteroatoms. The molecule has 4 rings (SSSR count). The van der Waals surface area contributed by atoms with Crippen molar-refractivity contribution in [1.82, 2.24) is 4.90 Å². The maximum Gasteiger partial charge on any atom is 0.290 e. The molecule has 0 saturated carbocycles. The lowest BCUT2D eigenvalue weighted by Crippen LogP contribution is -2.32. The zero-order valence-electron chi connectivity index (χ0n) is 16.1. The molecule has 3 aromatic rings. The Kier molecular flexibility index (Phi) is 5.30. The first kappa shape index (κ1) is 19.5. The van der Waals surface area contributed by atoms with Crippen molar-refractivity contribution in [3.63, 3.8) is 0 Å². The van der Waals surface area contributed by atoms with Gasteiger partial charge < -0.3 is 18.8 Å². The van der Waals surface area contributed by atoms with Crippen LogP contribution in [-0.2, 0) is 4.74 Å². The monoisotopic (exact) mass is 413 g/mol. The van der Waals surface area contributed by atoms with Crippen LogP contribution < -0.4 is 10.2 Å². The van der Waals surface area contributed by atoms with Gasteiger partial charge in [-0.1, -0.05) is 23.7 Å². The summed E-state index contributed by atoms with van der Waals surface area (Å²) < 4.78 is 16.5. The molecule has 1 unspecified atom stereocenters. The molecule has 29 heavy (non-hydrogen) atoms. The molecule has 1 aliphatic rings. The van der Waals surface area contributed by atoms with Gasteiger partial charge >= 0.3 is 0 Å². The van der Waals surface area contributed by atoms with Gasteiger partial charge in [-0.25, -0.2) is 0 Å². The summed E-state index contributed by atoms with van der Waals surface area (Å²) in [4.78, 5) is 28.0. The zero-order chi connectivity index (χ0) is 20.5. The molecule has 0 N–H and O–H groups in total. The van der Waals surface area contributed by atoms with E-state index in [-0.39, 0.29) is 17.1 Å². The van der Waals surface area contributed by atoms with Crippen molar-refractivity contribution in [1.29, 1.82) is 0 Å². The number of nitrogens with zero attached hydrogens (tertiary/aromatic N) is 1. The first-order valence-corrected chi connectivity index (χ1v) is 9.72. The second-order valence-corrected chi connectivity index (χ2v) is 7.15. The van der Waals surface area contributed by atoms with Crippen molar-refractivity contribution < 1.29 is 18.7 Å². The van der Waals surface area contributed by atoms with E-state index in [0.717, 1.165) is 11.3 Å². The molecular weight excluding hydrogens is 394 g/mol. The third kappa shape index (κ3) is 3.39. The Morgan fingerprint density at radius 1 is 1.14 bits per heavy atom. The lowest BCUT2D eigenvalue weighted by molar-refractivity contribution is 0.0663. The number of hydrogen-bond acceptors (Lipinski definition) is 5. The fraction of sp³-hybridized carbons (Fsp3) is 0.273. The largest absolute Gasteiger partial charge is 0.494 e. The number of benzene rings is 2. The first-order valence-electron chi connectivity index (χ1n) is 9.34. The summed E-state index contributed by atoms with van der Waals surface area (Å²) >= 11 is 6.08. The second kappa shape index (κ2) is 7.89. The molecule has 1 aromatic heterocycles. The van der Waals surface area contributed by atoms with Gasteiger partial charge in [0.15, 0.2) is 5.43 Å². The number of carbonyl (C=O) groups is 1. The lowest BCUT2D eigenvalue weighted by Gasteiger charge is -2.25. The van der Waals surface area contributed by atoms with E-state index in [1.165, 1.54) is 0 Å². The summed E-state index contributed by atoms with van der Waals surface area (Å²) in [6.07, 6.45) is 0. The Labute approximate surface area is 172 Å². The van der Waals surface area contributed by atoms with Crippen LogP contribution in [0.5, 0.6) is 5.75 Å². The summed E-state index contributed by atoms with van der Waals surface area (Å²) in [5, 5.41) is 0.788. The summed E-state index contributed by atoms with van der Waals surface area (Å²) in [6, 6.07) is 11.6. The van der Waals surface area contributed by atoms with E-state index < -0.39 is 6.04 Å². The van der Waals surface area contributed by atoms with Crippen LogP contribution in [0.15, 0.2) is 51.7 Å². The summed E-state index contributed by atoms with van der Waals surface area (Å²) in [5.74, 6) is 0.464. The van der Waals surface area contributed by atoms with Gasteiger partial charge in [0.05, 0.1) is 30.2 Å². The standard InChI is InChI=1S/C22H20ClNO5/c1-3-28-15-7-4-13(5-8-15)19-18-20(25)16-12-14(23)6-9-17(16)29-21(18)22(26)24(19)10-11-27-2/h4-9,12,19H,3,10-11H2,1-2H3. The number of amides is 1. The fourth-order valence-electron chi connectivity index (χ4n) is 3.67. The molecule has 2 aromatic carbocycles. The number of ether oxygens (including phenoxy) is 2. The van der Waals surface area contributed by atoms with Crippen LogP contribution in [0.4, 0.5) is 0 Å². The van der Waals surface area contributed by atoms with Gasteiger partial charge in [-0.3, -0.25) is 9.59 Å². The van der Waals surface area contributed by atoms with Gasteiger partial charge in [0, 0.05) is 18.7 Å². The van der Waals surface area contributed by atoms with Crippen molar-refractivity contribution >= 4 is 28.5 Å². The molecule has 0 bridgehead atoms. The topological polar surface area (TPSA) is 69.0 Å². The van der Waals surface area contributed by atoms with Crippen LogP contribution in [0.3, 0.4) is 0 Å². The van der Waals surface area contributed by atoms with E-state index in [1.807, 2.05) is 31.2 Å². The summed E-state index contributed by atoms with van der Waals surface area (Å²) in [7, 11) is 1.57. The van der Waals surface area contributed by atoms with Crippen molar-refractivity contribution in [3.8, 4) is 5.75 Å². The highest BCUT2D eigenvalue weighted by Crippen LogP contribution is 2.38. The number of hydrogen-bond donors (Lipinski definition) is 0. The Hall–Kier alpha value is -2.83. The molecule has 6 nitrogen and oxygen atoms in total. The van der Waals surface area contributed by atoms with Crippen LogP contribution in [-0.4, -0.2) is 37.7 Å². The van der Waals surface area contributed by atoms with Gasteiger partial charge in [0.1, 0.15) is 11.3 Å². The van der Waals surface area contributed by atoms with Crippen LogP contribution in [0.25, 0.3) is 11.0 Å². The molecule has 1 aliphatic heterocycles. The zero-order valence-corrected chi connectivity index (χ0v) is 16.9. The Morgan fingerprint density at radius 3 is 2.59 bits per heavy atom. The molecule has 0 radical (unpaired) electrons. The van der Waals surface area contributed by atoms with Crippen molar-refractivity contribution in [3.05, 3.63) is 74.6 Å². The van der Waals surface area contributed by atoms with Gasteiger partial charge in [-0.15, -0.1) is 0 Å².